The van der Waals surface area contributed by atoms with Gasteiger partial charge in [-0.3, -0.25) is 15.1 Å². The third-order valence-corrected chi connectivity index (χ3v) is 4.41. The second-order valence-electron chi connectivity index (χ2n) is 5.37. The zero-order chi connectivity index (χ0) is 17.9. The minimum Gasteiger partial charge on any atom is -0.363 e. The van der Waals surface area contributed by atoms with Crippen LogP contribution in [0.15, 0.2) is 53.0 Å². The summed E-state index contributed by atoms with van der Waals surface area (Å²) in [4.78, 5) is 21.4. The van der Waals surface area contributed by atoms with Gasteiger partial charge in [0.2, 0.25) is 0 Å². The molecular formula is C17H12N6O2S. The smallest absolute Gasteiger partial charge is 0.263 e. The first-order valence-electron chi connectivity index (χ1n) is 7.62. The molecular weight excluding hydrogens is 352 g/mol. The number of amides is 1. The van der Waals surface area contributed by atoms with Crippen molar-refractivity contribution in [2.24, 2.45) is 0 Å². The lowest BCUT2D eigenvalue weighted by molar-refractivity contribution is 0.102. The molecule has 0 aliphatic carbocycles. The van der Waals surface area contributed by atoms with E-state index < -0.39 is 0 Å². The molecule has 0 aromatic carbocycles. The van der Waals surface area contributed by atoms with Gasteiger partial charge in [0.15, 0.2) is 5.13 Å². The summed E-state index contributed by atoms with van der Waals surface area (Å²) in [5, 5.41) is 16.5. The van der Waals surface area contributed by atoms with E-state index in [-0.39, 0.29) is 5.91 Å². The Morgan fingerprint density at radius 1 is 1.19 bits per heavy atom. The highest BCUT2D eigenvalue weighted by Gasteiger charge is 2.19. The molecule has 0 fully saturated rings. The fraction of sp³-hybridized carbons (Fsp3) is 0.0588. The molecule has 0 aliphatic rings. The summed E-state index contributed by atoms with van der Waals surface area (Å²) in [6.45, 7) is 1.96. The van der Waals surface area contributed by atoms with Crippen LogP contribution in [-0.4, -0.2) is 31.2 Å². The molecule has 0 unspecified atom stereocenters. The monoisotopic (exact) mass is 364 g/mol. The number of aromatic nitrogens is 5. The summed E-state index contributed by atoms with van der Waals surface area (Å²) in [5.74, 6) is -0.364. The van der Waals surface area contributed by atoms with Gasteiger partial charge in [-0.25, -0.2) is 4.98 Å². The molecule has 9 heteroatoms. The van der Waals surface area contributed by atoms with Crippen molar-refractivity contribution in [1.82, 2.24) is 25.3 Å². The molecule has 0 saturated carbocycles. The minimum atomic E-state index is -0.364. The van der Waals surface area contributed by atoms with Crippen LogP contribution in [0.2, 0.25) is 0 Å². The molecule has 1 amide bonds. The molecule has 1 N–H and O–H groups in total. The van der Waals surface area contributed by atoms with E-state index in [0.29, 0.717) is 27.6 Å². The number of hydrogen-bond acceptors (Lipinski definition) is 8. The van der Waals surface area contributed by atoms with E-state index in [1.165, 1.54) is 30.0 Å². The van der Waals surface area contributed by atoms with Gasteiger partial charge in [0.25, 0.3) is 5.91 Å². The number of carbonyl (C=O) groups excluding carboxylic acids is 1. The third kappa shape index (κ3) is 3.07. The zero-order valence-corrected chi connectivity index (χ0v) is 14.4. The van der Waals surface area contributed by atoms with Crippen LogP contribution in [0.25, 0.3) is 22.6 Å². The number of pyridine rings is 1. The van der Waals surface area contributed by atoms with Gasteiger partial charge in [-0.2, -0.15) is 10.2 Å². The average Bonchev–Trinajstić information content (AvgIpc) is 3.32. The van der Waals surface area contributed by atoms with Gasteiger partial charge in [0.05, 0.1) is 18.1 Å². The Kier molecular flexibility index (Phi) is 4.20. The van der Waals surface area contributed by atoms with Crippen molar-refractivity contribution in [3.8, 4) is 22.6 Å². The molecule has 4 aromatic rings. The molecule has 0 aliphatic heterocycles. The molecule has 0 radical (unpaired) electrons. The third-order valence-electron chi connectivity index (χ3n) is 3.65. The van der Waals surface area contributed by atoms with Crippen molar-refractivity contribution in [3.05, 3.63) is 59.6 Å². The summed E-state index contributed by atoms with van der Waals surface area (Å²) >= 11 is 1.32. The van der Waals surface area contributed by atoms with Gasteiger partial charge in [-0.05, 0) is 24.6 Å². The Hall–Kier alpha value is -3.46. The predicted octanol–water partition coefficient (Wildman–Crippen LogP) is 3.21. The number of anilines is 1. The maximum absolute atomic E-state index is 12.6. The molecule has 0 saturated heterocycles. The Morgan fingerprint density at radius 3 is 2.92 bits per heavy atom. The first kappa shape index (κ1) is 16.0. The lowest BCUT2D eigenvalue weighted by atomic mass is 10.1. The van der Waals surface area contributed by atoms with Crippen molar-refractivity contribution in [3.63, 3.8) is 0 Å². The molecule has 0 bridgehead atoms. The Balaban J connectivity index is 1.57. The Labute approximate surface area is 151 Å². The number of nitrogens with one attached hydrogen (secondary N) is 1. The van der Waals surface area contributed by atoms with E-state index in [1.54, 1.807) is 12.3 Å². The summed E-state index contributed by atoms with van der Waals surface area (Å²) in [6.07, 6.45) is 6.04. The van der Waals surface area contributed by atoms with Crippen molar-refractivity contribution < 1.29 is 9.32 Å². The normalized spacial score (nSPS) is 10.7. The first-order chi connectivity index (χ1) is 12.7. The Morgan fingerprint density at radius 2 is 2.12 bits per heavy atom. The van der Waals surface area contributed by atoms with E-state index in [9.17, 15) is 4.79 Å². The first-order valence-corrected chi connectivity index (χ1v) is 8.50. The number of rotatable bonds is 4. The summed E-state index contributed by atoms with van der Waals surface area (Å²) in [6, 6.07) is 5.54. The van der Waals surface area contributed by atoms with Crippen molar-refractivity contribution in [1.29, 1.82) is 0 Å². The van der Waals surface area contributed by atoms with Crippen LogP contribution in [0.5, 0.6) is 0 Å². The number of hydrogen-bond donors (Lipinski definition) is 1. The average molecular weight is 364 g/mol. The lowest BCUT2D eigenvalue weighted by Gasteiger charge is -2.02. The summed E-state index contributed by atoms with van der Waals surface area (Å²) in [5.41, 5.74) is 3.86. The maximum Gasteiger partial charge on any atom is 0.263 e. The summed E-state index contributed by atoms with van der Waals surface area (Å²) in [7, 11) is 0. The van der Waals surface area contributed by atoms with Crippen LogP contribution < -0.4 is 5.32 Å². The fourth-order valence-electron chi connectivity index (χ4n) is 2.39. The van der Waals surface area contributed by atoms with Crippen molar-refractivity contribution in [2.75, 3.05) is 5.32 Å². The van der Waals surface area contributed by atoms with E-state index in [1.807, 2.05) is 24.4 Å². The van der Waals surface area contributed by atoms with E-state index in [0.717, 1.165) is 11.3 Å². The van der Waals surface area contributed by atoms with Crippen LogP contribution in [0.3, 0.4) is 0 Å². The van der Waals surface area contributed by atoms with Gasteiger partial charge in [0, 0.05) is 17.1 Å². The SMILES string of the molecule is Cc1cccnc1-c1csc(NC(=O)c2conc2-c2ccnnc2)n1. The van der Waals surface area contributed by atoms with Gasteiger partial charge < -0.3 is 4.52 Å². The second-order valence-corrected chi connectivity index (χ2v) is 6.23. The molecule has 0 spiro atoms. The van der Waals surface area contributed by atoms with Gasteiger partial charge in [0.1, 0.15) is 23.2 Å². The number of carbonyl (C=O) groups is 1. The minimum absolute atomic E-state index is 0.295. The number of thiazole rings is 1. The van der Waals surface area contributed by atoms with E-state index >= 15 is 0 Å². The molecule has 4 aromatic heterocycles. The standard InChI is InChI=1S/C17H12N6O2S/c1-10-3-2-5-18-14(10)13-9-26-17(21-13)22-16(24)12-8-25-23-15(12)11-4-6-19-20-7-11/h2-9H,1H3,(H,21,22,24). The van der Waals surface area contributed by atoms with Crippen LogP contribution in [0, 0.1) is 6.92 Å². The maximum atomic E-state index is 12.6. The van der Waals surface area contributed by atoms with Gasteiger partial charge >= 0.3 is 0 Å². The second kappa shape index (κ2) is 6.81. The topological polar surface area (TPSA) is 107 Å². The van der Waals surface area contributed by atoms with Crippen molar-refractivity contribution in [2.45, 2.75) is 6.92 Å². The van der Waals surface area contributed by atoms with Crippen molar-refractivity contribution >= 4 is 22.4 Å². The van der Waals surface area contributed by atoms with Crippen LogP contribution >= 0.6 is 11.3 Å². The highest BCUT2D eigenvalue weighted by atomic mass is 32.1. The largest absolute Gasteiger partial charge is 0.363 e. The lowest BCUT2D eigenvalue weighted by Crippen LogP contribution is -2.12. The van der Waals surface area contributed by atoms with Crippen LogP contribution in [-0.2, 0) is 0 Å². The highest BCUT2D eigenvalue weighted by molar-refractivity contribution is 7.14. The molecule has 0 atom stereocenters. The quantitative estimate of drug-likeness (QED) is 0.592. The van der Waals surface area contributed by atoms with E-state index in [4.69, 9.17) is 4.52 Å². The van der Waals surface area contributed by atoms with Crippen LogP contribution in [0.4, 0.5) is 5.13 Å². The fourth-order valence-corrected chi connectivity index (χ4v) is 3.09. The molecule has 26 heavy (non-hydrogen) atoms. The number of aryl methyl sites for hydroxylation is 1. The predicted molar refractivity (Wildman–Crippen MR) is 95.6 cm³/mol. The highest BCUT2D eigenvalue weighted by Crippen LogP contribution is 2.27. The molecule has 128 valence electrons. The van der Waals surface area contributed by atoms with Gasteiger partial charge in [-0.1, -0.05) is 11.2 Å². The zero-order valence-electron chi connectivity index (χ0n) is 13.6. The molecule has 8 nitrogen and oxygen atoms in total. The summed E-state index contributed by atoms with van der Waals surface area (Å²) < 4.78 is 4.96. The number of nitrogens with zero attached hydrogens (tertiary/aromatic N) is 5. The molecule has 4 rings (SSSR count). The molecule has 4 heterocycles. The van der Waals surface area contributed by atoms with E-state index in [2.05, 4.69) is 30.6 Å². The van der Waals surface area contributed by atoms with Gasteiger partial charge in [-0.15, -0.1) is 11.3 Å². The van der Waals surface area contributed by atoms with Crippen LogP contribution in [0.1, 0.15) is 15.9 Å². The Bertz CT molecular complexity index is 1060.